The first-order valence-electron chi connectivity index (χ1n) is 8.66. The topological polar surface area (TPSA) is 52.7 Å². The molecular weight excluding hydrogens is 322 g/mol. The van der Waals surface area contributed by atoms with Crippen LogP contribution in [0.1, 0.15) is 36.0 Å². The van der Waals surface area contributed by atoms with Gasteiger partial charge in [-0.2, -0.15) is 0 Å². The van der Waals surface area contributed by atoms with E-state index < -0.39 is 0 Å². The number of rotatable bonds is 3. The summed E-state index contributed by atoms with van der Waals surface area (Å²) in [6.07, 6.45) is 6.63. The van der Waals surface area contributed by atoms with E-state index in [4.69, 9.17) is 0 Å². The van der Waals surface area contributed by atoms with Crippen LogP contribution in [-0.4, -0.2) is 60.2 Å². The zero-order valence-corrected chi connectivity index (χ0v) is 15.0. The fourth-order valence-corrected chi connectivity index (χ4v) is 3.77. The van der Waals surface area contributed by atoms with Crippen molar-refractivity contribution in [2.75, 3.05) is 32.4 Å². The molecule has 0 bridgehead atoms. The van der Waals surface area contributed by atoms with E-state index in [1.54, 1.807) is 11.8 Å². The van der Waals surface area contributed by atoms with Gasteiger partial charge in [-0.05, 0) is 43.4 Å². The lowest BCUT2D eigenvalue weighted by atomic mass is 10.2. The van der Waals surface area contributed by atoms with Gasteiger partial charge in [0.05, 0.1) is 0 Å². The maximum atomic E-state index is 12.6. The van der Waals surface area contributed by atoms with E-state index in [2.05, 4.69) is 5.32 Å². The molecule has 1 N–H and O–H groups in total. The largest absolute Gasteiger partial charge is 0.335 e. The van der Waals surface area contributed by atoms with Crippen molar-refractivity contribution in [2.45, 2.75) is 36.6 Å². The molecule has 3 amide bonds. The van der Waals surface area contributed by atoms with Crippen molar-refractivity contribution < 1.29 is 9.59 Å². The van der Waals surface area contributed by atoms with Crippen molar-refractivity contribution in [1.82, 2.24) is 15.1 Å². The lowest BCUT2D eigenvalue weighted by molar-refractivity contribution is 0.0663. The van der Waals surface area contributed by atoms with E-state index in [-0.39, 0.29) is 11.9 Å². The van der Waals surface area contributed by atoms with E-state index >= 15 is 0 Å². The molecule has 2 aliphatic rings. The molecule has 0 radical (unpaired) electrons. The van der Waals surface area contributed by atoms with Crippen molar-refractivity contribution in [3.63, 3.8) is 0 Å². The Morgan fingerprint density at radius 1 is 1.00 bits per heavy atom. The summed E-state index contributed by atoms with van der Waals surface area (Å²) in [5, 5.41) is 3.12. The van der Waals surface area contributed by atoms with Gasteiger partial charge in [-0.15, -0.1) is 11.8 Å². The number of nitrogens with one attached hydrogen (secondary N) is 1. The summed E-state index contributed by atoms with van der Waals surface area (Å²) in [5.41, 5.74) is 0.719. The maximum Gasteiger partial charge on any atom is 0.317 e. The third-order valence-electron chi connectivity index (χ3n) is 4.87. The van der Waals surface area contributed by atoms with Gasteiger partial charge in [-0.1, -0.05) is 12.8 Å². The molecule has 24 heavy (non-hydrogen) atoms. The molecule has 0 unspecified atom stereocenters. The number of piperazine rings is 1. The van der Waals surface area contributed by atoms with Crippen molar-refractivity contribution in [3.05, 3.63) is 29.8 Å². The summed E-state index contributed by atoms with van der Waals surface area (Å²) in [7, 11) is 0. The highest BCUT2D eigenvalue weighted by atomic mass is 32.2. The van der Waals surface area contributed by atoms with Crippen LogP contribution in [-0.2, 0) is 0 Å². The number of benzene rings is 1. The SMILES string of the molecule is CSc1ccc(C(=O)N2CCN(C(=O)NC3CCCC3)CC2)cc1. The number of amides is 3. The number of nitrogens with zero attached hydrogens (tertiary/aromatic N) is 2. The highest BCUT2D eigenvalue weighted by Gasteiger charge is 2.26. The monoisotopic (exact) mass is 347 g/mol. The van der Waals surface area contributed by atoms with E-state index in [1.165, 1.54) is 12.8 Å². The average molecular weight is 347 g/mol. The molecule has 1 aliphatic carbocycles. The van der Waals surface area contributed by atoms with Crippen molar-refractivity contribution in [3.8, 4) is 0 Å². The van der Waals surface area contributed by atoms with Gasteiger partial charge < -0.3 is 15.1 Å². The lowest BCUT2D eigenvalue weighted by Gasteiger charge is -2.35. The van der Waals surface area contributed by atoms with E-state index in [1.807, 2.05) is 40.3 Å². The third kappa shape index (κ3) is 4.04. The van der Waals surface area contributed by atoms with Crippen LogP contribution >= 0.6 is 11.8 Å². The Labute approximate surface area is 147 Å². The maximum absolute atomic E-state index is 12.6. The number of thioether (sulfide) groups is 1. The van der Waals surface area contributed by atoms with Gasteiger partial charge in [-0.25, -0.2) is 4.79 Å². The van der Waals surface area contributed by atoms with Crippen molar-refractivity contribution >= 4 is 23.7 Å². The molecule has 2 fully saturated rings. The molecular formula is C18H25N3O2S. The Morgan fingerprint density at radius 3 is 2.17 bits per heavy atom. The van der Waals surface area contributed by atoms with Crippen LogP contribution in [0.25, 0.3) is 0 Å². The van der Waals surface area contributed by atoms with E-state index in [9.17, 15) is 9.59 Å². The molecule has 1 aliphatic heterocycles. The molecule has 130 valence electrons. The van der Waals surface area contributed by atoms with Crippen LogP contribution in [0.4, 0.5) is 4.79 Å². The predicted octanol–water partition coefficient (Wildman–Crippen LogP) is 2.82. The molecule has 0 aromatic heterocycles. The molecule has 6 heteroatoms. The lowest BCUT2D eigenvalue weighted by Crippen LogP contribution is -2.54. The molecule has 0 spiro atoms. The van der Waals surface area contributed by atoms with Crippen LogP contribution in [0, 0.1) is 0 Å². The Hall–Kier alpha value is -1.69. The summed E-state index contributed by atoms with van der Waals surface area (Å²) < 4.78 is 0. The molecule has 1 aromatic carbocycles. The van der Waals surface area contributed by atoms with Gasteiger partial charge >= 0.3 is 6.03 Å². The minimum absolute atomic E-state index is 0.0262. The zero-order valence-electron chi connectivity index (χ0n) is 14.2. The van der Waals surface area contributed by atoms with Crippen molar-refractivity contribution in [2.24, 2.45) is 0 Å². The van der Waals surface area contributed by atoms with E-state index in [0.29, 0.717) is 32.2 Å². The summed E-state index contributed by atoms with van der Waals surface area (Å²) in [6, 6.07) is 8.08. The van der Waals surface area contributed by atoms with Crippen molar-refractivity contribution in [1.29, 1.82) is 0 Å². The summed E-state index contributed by atoms with van der Waals surface area (Å²) in [4.78, 5) is 29.7. The zero-order chi connectivity index (χ0) is 16.9. The number of urea groups is 1. The second-order valence-corrected chi connectivity index (χ2v) is 7.32. The second kappa shape index (κ2) is 7.92. The van der Waals surface area contributed by atoms with Gasteiger partial charge in [0.1, 0.15) is 0 Å². The number of carbonyl (C=O) groups is 2. The molecule has 5 nitrogen and oxygen atoms in total. The number of hydrogen-bond acceptors (Lipinski definition) is 3. The Balaban J connectivity index is 1.50. The van der Waals surface area contributed by atoms with Crippen LogP contribution < -0.4 is 5.32 Å². The predicted molar refractivity (Wildman–Crippen MR) is 96.5 cm³/mol. The Bertz CT molecular complexity index is 576. The fourth-order valence-electron chi connectivity index (χ4n) is 3.36. The minimum Gasteiger partial charge on any atom is -0.335 e. The van der Waals surface area contributed by atoms with Gasteiger partial charge in [0.2, 0.25) is 0 Å². The molecule has 1 saturated heterocycles. The summed E-state index contributed by atoms with van der Waals surface area (Å²) >= 11 is 1.67. The first-order valence-corrected chi connectivity index (χ1v) is 9.88. The first-order chi connectivity index (χ1) is 11.7. The Kier molecular flexibility index (Phi) is 5.66. The highest BCUT2D eigenvalue weighted by molar-refractivity contribution is 7.98. The summed E-state index contributed by atoms with van der Waals surface area (Å²) in [5.74, 6) is 0.0542. The molecule has 1 aromatic rings. The summed E-state index contributed by atoms with van der Waals surface area (Å²) in [6.45, 7) is 2.41. The third-order valence-corrected chi connectivity index (χ3v) is 5.62. The highest BCUT2D eigenvalue weighted by Crippen LogP contribution is 2.19. The van der Waals surface area contributed by atoms with E-state index in [0.717, 1.165) is 23.3 Å². The second-order valence-electron chi connectivity index (χ2n) is 6.44. The van der Waals surface area contributed by atoms with Gasteiger partial charge in [0, 0.05) is 42.7 Å². The van der Waals surface area contributed by atoms with Gasteiger partial charge in [0.15, 0.2) is 0 Å². The fraction of sp³-hybridized carbons (Fsp3) is 0.556. The Morgan fingerprint density at radius 2 is 1.58 bits per heavy atom. The standard InChI is InChI=1S/C18H25N3O2S/c1-24-16-8-6-14(7-9-16)17(22)20-10-12-21(13-11-20)18(23)19-15-4-2-3-5-15/h6-9,15H,2-5,10-13H2,1H3,(H,19,23). The van der Waals surface area contributed by atoms with Crippen LogP contribution in [0.2, 0.25) is 0 Å². The smallest absolute Gasteiger partial charge is 0.317 e. The normalized spacial score (nSPS) is 18.7. The number of hydrogen-bond donors (Lipinski definition) is 1. The first kappa shape index (κ1) is 17.1. The molecule has 0 atom stereocenters. The molecule has 3 rings (SSSR count). The van der Waals surface area contributed by atoms with Crippen LogP contribution in [0.3, 0.4) is 0 Å². The average Bonchev–Trinajstić information content (AvgIpc) is 3.14. The molecule has 1 heterocycles. The van der Waals surface area contributed by atoms with Crippen LogP contribution in [0.5, 0.6) is 0 Å². The molecule has 1 saturated carbocycles. The van der Waals surface area contributed by atoms with Gasteiger partial charge in [-0.3, -0.25) is 4.79 Å². The van der Waals surface area contributed by atoms with Crippen LogP contribution in [0.15, 0.2) is 29.2 Å². The minimum atomic E-state index is 0.0262. The number of carbonyl (C=O) groups excluding carboxylic acids is 2. The quantitative estimate of drug-likeness (QED) is 0.856. The van der Waals surface area contributed by atoms with Gasteiger partial charge in [0.25, 0.3) is 5.91 Å².